The summed E-state index contributed by atoms with van der Waals surface area (Å²) in [7, 11) is 1.56. The Morgan fingerprint density at radius 1 is 1.22 bits per heavy atom. The molecule has 1 heterocycles. The molecule has 0 bridgehead atoms. The van der Waals surface area contributed by atoms with Gasteiger partial charge in [-0.3, -0.25) is 4.79 Å². The number of anilines is 1. The Hall–Kier alpha value is -2.56. The van der Waals surface area contributed by atoms with Crippen LogP contribution in [0.25, 0.3) is 0 Å². The van der Waals surface area contributed by atoms with E-state index in [1.807, 2.05) is 19.1 Å². The third kappa shape index (κ3) is 4.71. The van der Waals surface area contributed by atoms with Gasteiger partial charge >= 0.3 is 0 Å². The second kappa shape index (κ2) is 8.17. The molecule has 0 saturated heterocycles. The highest BCUT2D eigenvalue weighted by Crippen LogP contribution is 2.28. The molecule has 5 heteroatoms. The molecule has 1 aromatic carbocycles. The summed E-state index contributed by atoms with van der Waals surface area (Å²) in [5.74, 6) is 1.48. The van der Waals surface area contributed by atoms with Crippen LogP contribution in [0.1, 0.15) is 35.8 Å². The SMILES string of the molecule is CCCCOc1ccc(C(=O)Nc2cccc(C)n2)cc1OC. The standard InChI is InChI=1S/C18H22N2O3/c1-4-5-11-23-15-10-9-14(12-16(15)22-3)18(21)20-17-8-6-7-13(2)19-17/h6-10,12H,4-5,11H2,1-3H3,(H,19,20,21). The first-order chi connectivity index (χ1) is 11.1. The third-order valence-electron chi connectivity index (χ3n) is 3.31. The number of carbonyl (C=O) groups excluding carboxylic acids is 1. The largest absolute Gasteiger partial charge is 0.493 e. The summed E-state index contributed by atoms with van der Waals surface area (Å²) in [5.41, 5.74) is 1.34. The van der Waals surface area contributed by atoms with Gasteiger partial charge in [0.15, 0.2) is 11.5 Å². The molecule has 0 spiro atoms. The van der Waals surface area contributed by atoms with Crippen molar-refractivity contribution >= 4 is 11.7 Å². The van der Waals surface area contributed by atoms with Crippen molar-refractivity contribution in [2.45, 2.75) is 26.7 Å². The number of carbonyl (C=O) groups is 1. The minimum absolute atomic E-state index is 0.235. The molecule has 0 aliphatic heterocycles. The van der Waals surface area contributed by atoms with E-state index in [4.69, 9.17) is 9.47 Å². The van der Waals surface area contributed by atoms with Crippen LogP contribution in [0.4, 0.5) is 5.82 Å². The quantitative estimate of drug-likeness (QED) is 0.789. The zero-order chi connectivity index (χ0) is 16.7. The Kier molecular flexibility index (Phi) is 5.97. The first-order valence-electron chi connectivity index (χ1n) is 7.70. The average Bonchev–Trinajstić information content (AvgIpc) is 2.55. The van der Waals surface area contributed by atoms with E-state index in [9.17, 15) is 4.79 Å². The molecular formula is C18H22N2O3. The van der Waals surface area contributed by atoms with Gasteiger partial charge in [-0.1, -0.05) is 19.4 Å². The van der Waals surface area contributed by atoms with Crippen molar-refractivity contribution in [1.82, 2.24) is 4.98 Å². The number of aryl methyl sites for hydroxylation is 1. The van der Waals surface area contributed by atoms with Gasteiger partial charge in [-0.25, -0.2) is 4.98 Å². The molecule has 2 aromatic rings. The fourth-order valence-electron chi connectivity index (χ4n) is 2.06. The van der Waals surface area contributed by atoms with Crippen molar-refractivity contribution in [3.63, 3.8) is 0 Å². The van der Waals surface area contributed by atoms with Gasteiger partial charge in [0.25, 0.3) is 5.91 Å². The molecule has 0 aliphatic rings. The molecule has 0 fully saturated rings. The summed E-state index contributed by atoms with van der Waals surface area (Å²) in [6.45, 7) is 4.61. The van der Waals surface area contributed by atoms with Crippen LogP contribution in [0, 0.1) is 6.92 Å². The third-order valence-corrected chi connectivity index (χ3v) is 3.31. The fourth-order valence-corrected chi connectivity index (χ4v) is 2.06. The lowest BCUT2D eigenvalue weighted by Crippen LogP contribution is -2.13. The number of ether oxygens (including phenoxy) is 2. The van der Waals surface area contributed by atoms with Gasteiger partial charge in [0.1, 0.15) is 5.82 Å². The van der Waals surface area contributed by atoms with Crippen LogP contribution in [-0.4, -0.2) is 24.6 Å². The molecule has 0 radical (unpaired) electrons. The molecule has 0 unspecified atom stereocenters. The average molecular weight is 314 g/mol. The molecule has 0 saturated carbocycles. The smallest absolute Gasteiger partial charge is 0.256 e. The second-order valence-corrected chi connectivity index (χ2v) is 5.19. The zero-order valence-corrected chi connectivity index (χ0v) is 13.8. The van der Waals surface area contributed by atoms with Crippen molar-refractivity contribution in [3.8, 4) is 11.5 Å². The number of pyridine rings is 1. The number of aromatic nitrogens is 1. The summed E-state index contributed by atoms with van der Waals surface area (Å²) < 4.78 is 11.0. The van der Waals surface area contributed by atoms with Crippen molar-refractivity contribution in [2.24, 2.45) is 0 Å². The maximum absolute atomic E-state index is 12.3. The molecule has 5 nitrogen and oxygen atoms in total. The van der Waals surface area contributed by atoms with E-state index in [-0.39, 0.29) is 5.91 Å². The number of benzene rings is 1. The van der Waals surface area contributed by atoms with Crippen molar-refractivity contribution < 1.29 is 14.3 Å². The zero-order valence-electron chi connectivity index (χ0n) is 13.8. The van der Waals surface area contributed by atoms with E-state index in [1.54, 1.807) is 31.4 Å². The summed E-state index contributed by atoms with van der Waals surface area (Å²) in [4.78, 5) is 16.6. The van der Waals surface area contributed by atoms with Gasteiger partial charge in [0, 0.05) is 11.3 Å². The predicted molar refractivity (Wildman–Crippen MR) is 90.3 cm³/mol. The van der Waals surface area contributed by atoms with Crippen molar-refractivity contribution in [3.05, 3.63) is 47.7 Å². The highest BCUT2D eigenvalue weighted by molar-refractivity contribution is 6.04. The Bertz CT molecular complexity index is 671. The Labute approximate surface area is 136 Å². The van der Waals surface area contributed by atoms with Gasteiger partial charge < -0.3 is 14.8 Å². The Balaban J connectivity index is 2.11. The summed E-state index contributed by atoms with van der Waals surface area (Å²) >= 11 is 0. The number of methoxy groups -OCH3 is 1. The van der Waals surface area contributed by atoms with Crippen molar-refractivity contribution in [1.29, 1.82) is 0 Å². The molecule has 122 valence electrons. The number of amides is 1. The second-order valence-electron chi connectivity index (χ2n) is 5.19. The van der Waals surface area contributed by atoms with Crippen LogP contribution in [0.5, 0.6) is 11.5 Å². The topological polar surface area (TPSA) is 60.5 Å². The number of rotatable bonds is 7. The summed E-state index contributed by atoms with van der Waals surface area (Å²) in [6.07, 6.45) is 2.04. The molecule has 2 rings (SSSR count). The van der Waals surface area contributed by atoms with E-state index >= 15 is 0 Å². The summed E-state index contributed by atoms with van der Waals surface area (Å²) in [6, 6.07) is 10.6. The molecule has 1 amide bonds. The van der Waals surface area contributed by atoms with E-state index in [0.717, 1.165) is 18.5 Å². The van der Waals surface area contributed by atoms with Gasteiger partial charge in [0.05, 0.1) is 13.7 Å². The minimum atomic E-state index is -0.235. The Morgan fingerprint density at radius 2 is 2.04 bits per heavy atom. The molecule has 0 atom stereocenters. The maximum Gasteiger partial charge on any atom is 0.256 e. The highest BCUT2D eigenvalue weighted by Gasteiger charge is 2.12. The monoisotopic (exact) mass is 314 g/mol. The van der Waals surface area contributed by atoms with Crippen LogP contribution in [-0.2, 0) is 0 Å². The number of hydrogen-bond donors (Lipinski definition) is 1. The predicted octanol–water partition coefficient (Wildman–Crippen LogP) is 3.83. The number of nitrogens with zero attached hydrogens (tertiary/aromatic N) is 1. The maximum atomic E-state index is 12.3. The van der Waals surface area contributed by atoms with Gasteiger partial charge in [-0.05, 0) is 43.7 Å². The molecule has 0 aliphatic carbocycles. The lowest BCUT2D eigenvalue weighted by atomic mass is 10.2. The van der Waals surface area contributed by atoms with Gasteiger partial charge in [0.2, 0.25) is 0 Å². The molecule has 1 N–H and O–H groups in total. The normalized spacial score (nSPS) is 10.2. The molecular weight excluding hydrogens is 292 g/mol. The number of unbranched alkanes of at least 4 members (excludes halogenated alkanes) is 1. The Morgan fingerprint density at radius 3 is 2.74 bits per heavy atom. The van der Waals surface area contributed by atoms with Crippen LogP contribution in [0.15, 0.2) is 36.4 Å². The fraction of sp³-hybridized carbons (Fsp3) is 0.333. The number of nitrogens with one attached hydrogen (secondary N) is 1. The summed E-state index contributed by atoms with van der Waals surface area (Å²) in [5, 5.41) is 2.78. The van der Waals surface area contributed by atoms with Crippen LogP contribution < -0.4 is 14.8 Å². The van der Waals surface area contributed by atoms with Crippen LogP contribution >= 0.6 is 0 Å². The van der Waals surface area contributed by atoms with E-state index < -0.39 is 0 Å². The van der Waals surface area contributed by atoms with Gasteiger partial charge in [-0.2, -0.15) is 0 Å². The van der Waals surface area contributed by atoms with E-state index in [2.05, 4.69) is 17.2 Å². The lowest BCUT2D eigenvalue weighted by molar-refractivity contribution is 0.102. The number of hydrogen-bond acceptors (Lipinski definition) is 4. The van der Waals surface area contributed by atoms with Crippen LogP contribution in [0.3, 0.4) is 0 Å². The minimum Gasteiger partial charge on any atom is -0.493 e. The first-order valence-corrected chi connectivity index (χ1v) is 7.70. The highest BCUT2D eigenvalue weighted by atomic mass is 16.5. The van der Waals surface area contributed by atoms with Gasteiger partial charge in [-0.15, -0.1) is 0 Å². The van der Waals surface area contributed by atoms with E-state index in [0.29, 0.717) is 29.5 Å². The lowest BCUT2D eigenvalue weighted by Gasteiger charge is -2.12. The van der Waals surface area contributed by atoms with Crippen molar-refractivity contribution in [2.75, 3.05) is 19.0 Å². The molecule has 1 aromatic heterocycles. The molecule has 23 heavy (non-hydrogen) atoms. The first kappa shape index (κ1) is 16.8. The van der Waals surface area contributed by atoms with Crippen LogP contribution in [0.2, 0.25) is 0 Å². The van der Waals surface area contributed by atoms with E-state index in [1.165, 1.54) is 0 Å².